The van der Waals surface area contributed by atoms with Crippen LogP contribution in [0, 0.1) is 13.8 Å². The lowest BCUT2D eigenvalue weighted by atomic mass is 9.91. The number of nitrogens with zero attached hydrogens (tertiary/aromatic N) is 1. The zero-order valence-corrected chi connectivity index (χ0v) is 19.7. The highest BCUT2D eigenvalue weighted by Gasteiger charge is 2.35. The largest absolute Gasteiger partial charge is 0.344 e. The molecule has 0 aliphatic carbocycles. The Hall–Kier alpha value is -3.93. The van der Waals surface area contributed by atoms with E-state index in [0.717, 1.165) is 33.6 Å². The molecule has 3 amide bonds. The fraction of sp³-hybridized carbons (Fsp3) is 0.250. The van der Waals surface area contributed by atoms with Gasteiger partial charge in [-0.1, -0.05) is 60.7 Å². The van der Waals surface area contributed by atoms with Crippen LogP contribution in [0.25, 0.3) is 0 Å². The molecular formula is C28H29N3O3. The van der Waals surface area contributed by atoms with Crippen molar-refractivity contribution >= 4 is 29.1 Å². The van der Waals surface area contributed by atoms with Crippen molar-refractivity contribution in [2.75, 3.05) is 17.3 Å². The van der Waals surface area contributed by atoms with Gasteiger partial charge in [0, 0.05) is 31.3 Å². The summed E-state index contributed by atoms with van der Waals surface area (Å²) in [6.07, 6.45) is 0.338. The summed E-state index contributed by atoms with van der Waals surface area (Å²) in [5, 5.41) is 5.84. The molecular weight excluding hydrogens is 426 g/mol. The number of carbonyl (C=O) groups excluding carboxylic acids is 3. The first-order chi connectivity index (χ1) is 16.3. The zero-order chi connectivity index (χ0) is 24.2. The highest BCUT2D eigenvalue weighted by molar-refractivity contribution is 6.06. The lowest BCUT2D eigenvalue weighted by Crippen LogP contribution is -2.49. The van der Waals surface area contributed by atoms with Crippen LogP contribution in [0.15, 0.2) is 72.8 Å². The van der Waals surface area contributed by atoms with Crippen molar-refractivity contribution in [3.05, 3.63) is 95.1 Å². The number of hydrogen-bond donors (Lipinski definition) is 2. The van der Waals surface area contributed by atoms with E-state index in [1.54, 1.807) is 11.9 Å². The summed E-state index contributed by atoms with van der Waals surface area (Å²) in [7, 11) is 1.70. The number of benzene rings is 3. The van der Waals surface area contributed by atoms with Gasteiger partial charge in [-0.2, -0.15) is 0 Å². The van der Waals surface area contributed by atoms with Crippen molar-refractivity contribution in [1.29, 1.82) is 0 Å². The first-order valence-electron chi connectivity index (χ1n) is 11.4. The number of nitrogens with one attached hydrogen (secondary N) is 2. The van der Waals surface area contributed by atoms with Gasteiger partial charge in [-0.25, -0.2) is 0 Å². The maximum atomic E-state index is 13.4. The zero-order valence-electron chi connectivity index (χ0n) is 19.7. The monoisotopic (exact) mass is 455 g/mol. The number of fused-ring (bicyclic) bond motifs is 1. The Labute approximate surface area is 200 Å². The van der Waals surface area contributed by atoms with Crippen molar-refractivity contribution in [1.82, 2.24) is 5.32 Å². The summed E-state index contributed by atoms with van der Waals surface area (Å²) in [6, 6.07) is 22.1. The van der Waals surface area contributed by atoms with Crippen molar-refractivity contribution < 1.29 is 14.4 Å². The van der Waals surface area contributed by atoms with E-state index in [9.17, 15) is 14.4 Å². The van der Waals surface area contributed by atoms with Gasteiger partial charge >= 0.3 is 0 Å². The molecule has 0 fully saturated rings. The molecule has 0 spiro atoms. The third-order valence-electron chi connectivity index (χ3n) is 6.36. The van der Waals surface area contributed by atoms with Gasteiger partial charge in [0.05, 0.1) is 5.92 Å². The van der Waals surface area contributed by atoms with Crippen LogP contribution >= 0.6 is 0 Å². The summed E-state index contributed by atoms with van der Waals surface area (Å²) in [5.41, 5.74) is 5.29. The van der Waals surface area contributed by atoms with Gasteiger partial charge in [-0.15, -0.1) is 0 Å². The molecule has 0 aromatic heterocycles. The Morgan fingerprint density at radius 1 is 0.941 bits per heavy atom. The van der Waals surface area contributed by atoms with Crippen LogP contribution in [0.1, 0.15) is 34.6 Å². The molecule has 34 heavy (non-hydrogen) atoms. The maximum Gasteiger partial charge on any atom is 0.249 e. The third-order valence-corrected chi connectivity index (χ3v) is 6.36. The summed E-state index contributed by atoms with van der Waals surface area (Å²) >= 11 is 0. The van der Waals surface area contributed by atoms with Gasteiger partial charge in [0.25, 0.3) is 0 Å². The highest BCUT2D eigenvalue weighted by atomic mass is 16.2. The number of hydrogen-bond acceptors (Lipinski definition) is 3. The maximum absolute atomic E-state index is 13.4. The number of carbonyl (C=O) groups is 3. The minimum atomic E-state index is -0.761. The third kappa shape index (κ3) is 4.86. The summed E-state index contributed by atoms with van der Waals surface area (Å²) in [5.74, 6) is -1.31. The first kappa shape index (κ1) is 23.2. The Balaban J connectivity index is 1.55. The van der Waals surface area contributed by atoms with Crippen molar-refractivity contribution in [3.8, 4) is 0 Å². The molecule has 3 aromatic rings. The van der Waals surface area contributed by atoms with Crippen molar-refractivity contribution in [3.63, 3.8) is 0 Å². The van der Waals surface area contributed by atoms with E-state index < -0.39 is 12.0 Å². The fourth-order valence-corrected chi connectivity index (χ4v) is 4.48. The Morgan fingerprint density at radius 2 is 1.56 bits per heavy atom. The van der Waals surface area contributed by atoms with Crippen molar-refractivity contribution in [2.45, 2.75) is 38.6 Å². The summed E-state index contributed by atoms with van der Waals surface area (Å²) < 4.78 is 0. The van der Waals surface area contributed by atoms with Gasteiger partial charge in [0.1, 0.15) is 6.04 Å². The van der Waals surface area contributed by atoms with Crippen LogP contribution in [0.3, 0.4) is 0 Å². The van der Waals surface area contributed by atoms with Crippen LogP contribution < -0.4 is 15.5 Å². The standard InChI is InChI=1S/C28H29N3O3/c1-18-14-15-19(2)26-25(18)22(27(33)30-26)17-24(32)29-23(16-20-10-6-4-7-11-20)28(34)31(3)21-12-8-5-9-13-21/h4-15,22-23H,16-17H2,1-3H3,(H,29,32)(H,30,33)/t22?,23-/m0/s1. The second kappa shape index (κ2) is 9.91. The number of aryl methyl sites for hydroxylation is 2. The highest BCUT2D eigenvalue weighted by Crippen LogP contribution is 2.39. The van der Waals surface area contributed by atoms with E-state index in [1.807, 2.05) is 86.6 Å². The molecule has 2 atom stereocenters. The van der Waals surface area contributed by atoms with E-state index in [0.29, 0.717) is 6.42 Å². The Kier molecular flexibility index (Phi) is 6.77. The lowest BCUT2D eigenvalue weighted by molar-refractivity contribution is -0.128. The van der Waals surface area contributed by atoms with E-state index in [-0.39, 0.29) is 24.1 Å². The van der Waals surface area contributed by atoms with Crippen LogP contribution in [0.4, 0.5) is 11.4 Å². The molecule has 0 saturated carbocycles. The second-order valence-corrected chi connectivity index (χ2v) is 8.78. The van der Waals surface area contributed by atoms with E-state index in [2.05, 4.69) is 10.6 Å². The minimum Gasteiger partial charge on any atom is -0.344 e. The first-order valence-corrected chi connectivity index (χ1v) is 11.4. The average molecular weight is 456 g/mol. The molecule has 0 saturated heterocycles. The molecule has 1 aliphatic rings. The molecule has 6 nitrogen and oxygen atoms in total. The van der Waals surface area contributed by atoms with Crippen molar-refractivity contribution in [2.24, 2.45) is 0 Å². The molecule has 3 aromatic carbocycles. The predicted octanol–water partition coefficient (Wildman–Crippen LogP) is 4.12. The number of anilines is 2. The molecule has 0 radical (unpaired) electrons. The number of amides is 3. The van der Waals surface area contributed by atoms with E-state index in [4.69, 9.17) is 0 Å². The SMILES string of the molecule is Cc1ccc(C)c2c1NC(=O)C2CC(=O)N[C@@H](Cc1ccccc1)C(=O)N(C)c1ccccc1. The minimum absolute atomic E-state index is 0.0171. The van der Waals surface area contributed by atoms with E-state index >= 15 is 0 Å². The van der Waals surface area contributed by atoms with E-state index in [1.165, 1.54) is 0 Å². The second-order valence-electron chi connectivity index (χ2n) is 8.78. The normalized spacial score (nSPS) is 15.3. The fourth-order valence-electron chi connectivity index (χ4n) is 4.48. The van der Waals surface area contributed by atoms with Gasteiger partial charge < -0.3 is 15.5 Å². The van der Waals surface area contributed by atoms with Crippen LogP contribution in [0.2, 0.25) is 0 Å². The van der Waals surface area contributed by atoms with Gasteiger partial charge in [0.15, 0.2) is 0 Å². The number of para-hydroxylation sites is 1. The summed E-state index contributed by atoms with van der Waals surface area (Å²) in [6.45, 7) is 3.88. The lowest BCUT2D eigenvalue weighted by Gasteiger charge is -2.25. The molecule has 2 N–H and O–H groups in total. The smallest absolute Gasteiger partial charge is 0.249 e. The Morgan fingerprint density at radius 3 is 2.24 bits per heavy atom. The molecule has 174 valence electrons. The molecule has 0 bridgehead atoms. The summed E-state index contributed by atoms with van der Waals surface area (Å²) in [4.78, 5) is 40.8. The van der Waals surface area contributed by atoms with Gasteiger partial charge in [-0.05, 0) is 48.2 Å². The molecule has 1 aliphatic heterocycles. The molecule has 1 heterocycles. The van der Waals surface area contributed by atoms with Crippen LogP contribution in [-0.4, -0.2) is 30.8 Å². The quantitative estimate of drug-likeness (QED) is 0.563. The van der Waals surface area contributed by atoms with Crippen LogP contribution in [-0.2, 0) is 20.8 Å². The molecule has 6 heteroatoms. The Bertz CT molecular complexity index is 1210. The van der Waals surface area contributed by atoms with Crippen LogP contribution in [0.5, 0.6) is 0 Å². The average Bonchev–Trinajstić information content (AvgIpc) is 3.18. The number of rotatable bonds is 7. The molecule has 1 unspecified atom stereocenters. The van der Waals surface area contributed by atoms with Gasteiger partial charge in [0.2, 0.25) is 17.7 Å². The van der Waals surface area contributed by atoms with Gasteiger partial charge in [-0.3, -0.25) is 14.4 Å². The molecule has 4 rings (SSSR count). The predicted molar refractivity (Wildman–Crippen MR) is 134 cm³/mol. The topological polar surface area (TPSA) is 78.5 Å². The number of likely N-dealkylation sites (N-methyl/N-ethyl adjacent to an activating group) is 1.